The zero-order valence-corrected chi connectivity index (χ0v) is 24.2. The number of halogens is 2. The number of hydrogen-bond donors (Lipinski definition) is 1. The van der Waals surface area contributed by atoms with E-state index in [9.17, 15) is 9.59 Å². The summed E-state index contributed by atoms with van der Waals surface area (Å²) in [5.74, 6) is 0.838. The van der Waals surface area contributed by atoms with Crippen molar-refractivity contribution in [3.8, 4) is 11.5 Å². The topological polar surface area (TPSA) is 94.8 Å². The molecule has 0 unspecified atom stereocenters. The maximum Gasteiger partial charge on any atom is 0.282 e. The molecule has 0 spiro atoms. The molecule has 4 rings (SSSR count). The van der Waals surface area contributed by atoms with Crippen molar-refractivity contribution in [1.82, 2.24) is 9.66 Å². The molecule has 0 saturated heterocycles. The third-order valence-corrected chi connectivity index (χ3v) is 6.54. The summed E-state index contributed by atoms with van der Waals surface area (Å²) in [6.07, 6.45) is 2.91. The monoisotopic (exact) mass is 610 g/mol. The van der Waals surface area contributed by atoms with Crippen LogP contribution in [0.4, 0.5) is 5.69 Å². The number of anilines is 1. The zero-order valence-electron chi connectivity index (χ0n) is 21.8. The van der Waals surface area contributed by atoms with E-state index < -0.39 is 0 Å². The highest BCUT2D eigenvalue weighted by atomic mass is 79.9. The lowest BCUT2D eigenvalue weighted by molar-refractivity contribution is -0.118. The molecule has 8 nitrogen and oxygen atoms in total. The zero-order chi connectivity index (χ0) is 27.9. The number of aromatic nitrogens is 2. The fourth-order valence-electron chi connectivity index (χ4n) is 3.93. The van der Waals surface area contributed by atoms with Crippen LogP contribution in [0, 0.1) is 6.92 Å². The van der Waals surface area contributed by atoms with E-state index in [4.69, 9.17) is 21.1 Å². The van der Waals surface area contributed by atoms with Gasteiger partial charge in [-0.05, 0) is 67.8 Å². The van der Waals surface area contributed by atoms with Crippen LogP contribution in [0.1, 0.15) is 37.2 Å². The number of rotatable bonds is 10. The minimum Gasteiger partial charge on any atom is -0.490 e. The summed E-state index contributed by atoms with van der Waals surface area (Å²) in [6, 6.07) is 16.2. The van der Waals surface area contributed by atoms with Gasteiger partial charge in [0.1, 0.15) is 5.82 Å². The highest BCUT2D eigenvalue weighted by Crippen LogP contribution is 2.36. The first-order chi connectivity index (χ1) is 18.8. The van der Waals surface area contributed by atoms with Gasteiger partial charge in [-0.2, -0.15) is 9.78 Å². The van der Waals surface area contributed by atoms with Crippen LogP contribution in [-0.2, 0) is 11.2 Å². The number of aryl methyl sites for hydroxylation is 2. The van der Waals surface area contributed by atoms with Gasteiger partial charge in [0.25, 0.3) is 11.5 Å². The van der Waals surface area contributed by atoms with Crippen molar-refractivity contribution >= 4 is 56.2 Å². The summed E-state index contributed by atoms with van der Waals surface area (Å²) < 4.78 is 13.6. The van der Waals surface area contributed by atoms with Gasteiger partial charge in [0.15, 0.2) is 18.1 Å². The number of para-hydroxylation sites is 1. The van der Waals surface area contributed by atoms with E-state index in [2.05, 4.69) is 31.3 Å². The van der Waals surface area contributed by atoms with Gasteiger partial charge >= 0.3 is 0 Å². The fourth-order valence-corrected chi connectivity index (χ4v) is 4.56. The Hall–Kier alpha value is -3.69. The molecule has 3 aromatic carbocycles. The number of nitrogens with one attached hydrogen (secondary N) is 1. The van der Waals surface area contributed by atoms with Crippen LogP contribution in [0.15, 0.2) is 69.0 Å². The van der Waals surface area contributed by atoms with E-state index in [1.807, 2.05) is 57.2 Å². The van der Waals surface area contributed by atoms with Gasteiger partial charge in [0, 0.05) is 16.6 Å². The smallest absolute Gasteiger partial charge is 0.282 e. The molecule has 39 heavy (non-hydrogen) atoms. The summed E-state index contributed by atoms with van der Waals surface area (Å²) in [5, 5.41) is 7.99. The second-order valence-corrected chi connectivity index (χ2v) is 10.0. The number of benzene rings is 3. The number of fused-ring (bicyclic) bond motifs is 1. The minimum atomic E-state index is -0.327. The van der Waals surface area contributed by atoms with E-state index in [-0.39, 0.29) is 28.8 Å². The van der Waals surface area contributed by atoms with E-state index >= 15 is 0 Å². The van der Waals surface area contributed by atoms with Gasteiger partial charge in [-0.25, -0.2) is 4.98 Å². The molecule has 0 atom stereocenters. The Kier molecular flexibility index (Phi) is 9.37. The molecule has 1 amide bonds. The highest BCUT2D eigenvalue weighted by Gasteiger charge is 2.15. The summed E-state index contributed by atoms with van der Waals surface area (Å²) in [4.78, 5) is 30.4. The molecular weight excluding hydrogens is 584 g/mol. The SMILES string of the molecule is CCCc1nc2ccc(Br)cc2c(=O)n1N=Cc1cc(Cl)c(OCC(=O)Nc2ccccc2C)c(OCC)c1. The molecule has 0 aliphatic rings. The number of ether oxygens (including phenoxy) is 2. The minimum absolute atomic E-state index is 0.243. The van der Waals surface area contributed by atoms with E-state index in [1.165, 1.54) is 10.9 Å². The Balaban J connectivity index is 1.61. The lowest BCUT2D eigenvalue weighted by Crippen LogP contribution is -2.22. The van der Waals surface area contributed by atoms with E-state index in [0.717, 1.165) is 16.5 Å². The van der Waals surface area contributed by atoms with Gasteiger partial charge in [0.2, 0.25) is 0 Å². The molecule has 1 N–H and O–H groups in total. The van der Waals surface area contributed by atoms with Crippen LogP contribution in [0.3, 0.4) is 0 Å². The molecule has 0 radical (unpaired) electrons. The average Bonchev–Trinajstić information content (AvgIpc) is 2.90. The predicted molar refractivity (Wildman–Crippen MR) is 159 cm³/mol. The third-order valence-electron chi connectivity index (χ3n) is 5.77. The predicted octanol–water partition coefficient (Wildman–Crippen LogP) is 6.37. The van der Waals surface area contributed by atoms with Gasteiger partial charge in [-0.3, -0.25) is 9.59 Å². The van der Waals surface area contributed by atoms with Crippen LogP contribution >= 0.6 is 27.5 Å². The highest BCUT2D eigenvalue weighted by molar-refractivity contribution is 9.10. The number of nitrogens with zero attached hydrogens (tertiary/aromatic N) is 3. The standard InChI is InChI=1S/C29H28BrClN4O4/c1-4-8-26-33-24-12-11-20(30)15-21(24)29(37)35(26)32-16-19-13-22(31)28(25(14-19)38-5-2)39-17-27(36)34-23-10-7-6-9-18(23)3/h6-7,9-16H,4-5,8,17H2,1-3H3,(H,34,36). The molecule has 10 heteroatoms. The molecule has 202 valence electrons. The Morgan fingerprint density at radius 1 is 1.15 bits per heavy atom. The second kappa shape index (κ2) is 12.9. The Morgan fingerprint density at radius 2 is 1.95 bits per heavy atom. The quantitative estimate of drug-likeness (QED) is 0.210. The molecule has 0 fully saturated rings. The third kappa shape index (κ3) is 6.85. The van der Waals surface area contributed by atoms with Crippen LogP contribution in [0.2, 0.25) is 5.02 Å². The van der Waals surface area contributed by atoms with Crippen molar-refractivity contribution < 1.29 is 14.3 Å². The molecule has 0 saturated carbocycles. The first-order valence-electron chi connectivity index (χ1n) is 12.5. The second-order valence-electron chi connectivity index (χ2n) is 8.72. The Morgan fingerprint density at radius 3 is 2.69 bits per heavy atom. The summed E-state index contributed by atoms with van der Waals surface area (Å²) in [5.41, 5.74) is 2.59. The van der Waals surface area contributed by atoms with Gasteiger partial charge in [-0.1, -0.05) is 52.7 Å². The van der Waals surface area contributed by atoms with Crippen LogP contribution in [-0.4, -0.2) is 35.0 Å². The summed E-state index contributed by atoms with van der Waals surface area (Å²) in [6.45, 7) is 5.86. The summed E-state index contributed by atoms with van der Waals surface area (Å²) in [7, 11) is 0. The maximum atomic E-state index is 13.3. The van der Waals surface area contributed by atoms with Gasteiger partial charge in [0.05, 0.1) is 28.7 Å². The first-order valence-corrected chi connectivity index (χ1v) is 13.7. The lowest BCUT2D eigenvalue weighted by atomic mass is 10.2. The van der Waals surface area contributed by atoms with Crippen molar-refractivity contribution in [3.63, 3.8) is 0 Å². The maximum absolute atomic E-state index is 13.3. The average molecular weight is 612 g/mol. The number of carbonyl (C=O) groups is 1. The van der Waals surface area contributed by atoms with Crippen LogP contribution in [0.5, 0.6) is 11.5 Å². The van der Waals surface area contributed by atoms with E-state index in [0.29, 0.717) is 46.8 Å². The number of carbonyl (C=O) groups excluding carboxylic acids is 1. The molecule has 0 aliphatic carbocycles. The molecule has 0 aliphatic heterocycles. The molecule has 0 bridgehead atoms. The normalized spacial score (nSPS) is 11.2. The lowest BCUT2D eigenvalue weighted by Gasteiger charge is -2.15. The molecule has 1 heterocycles. The van der Waals surface area contributed by atoms with Gasteiger partial charge in [-0.15, -0.1) is 0 Å². The number of amides is 1. The number of hydrogen-bond acceptors (Lipinski definition) is 6. The Labute approximate surface area is 239 Å². The largest absolute Gasteiger partial charge is 0.490 e. The Bertz CT molecular complexity index is 1600. The van der Waals surface area contributed by atoms with Crippen LogP contribution < -0.4 is 20.3 Å². The van der Waals surface area contributed by atoms with Gasteiger partial charge < -0.3 is 14.8 Å². The molecule has 4 aromatic rings. The molecular formula is C29H28BrClN4O4. The molecule has 1 aromatic heterocycles. The van der Waals surface area contributed by atoms with Crippen molar-refractivity contribution in [2.75, 3.05) is 18.5 Å². The van der Waals surface area contributed by atoms with Crippen molar-refractivity contribution in [2.24, 2.45) is 5.10 Å². The first kappa shape index (κ1) is 28.3. The fraction of sp³-hybridized carbons (Fsp3) is 0.241. The van der Waals surface area contributed by atoms with Crippen molar-refractivity contribution in [1.29, 1.82) is 0 Å². The summed E-state index contributed by atoms with van der Waals surface area (Å²) >= 11 is 9.96. The van der Waals surface area contributed by atoms with Crippen molar-refractivity contribution in [2.45, 2.75) is 33.6 Å². The van der Waals surface area contributed by atoms with Crippen LogP contribution in [0.25, 0.3) is 10.9 Å². The van der Waals surface area contributed by atoms with Crippen molar-refractivity contribution in [3.05, 3.63) is 91.4 Å². The van der Waals surface area contributed by atoms with E-state index in [1.54, 1.807) is 18.2 Å².